The van der Waals surface area contributed by atoms with Gasteiger partial charge in [0.2, 0.25) is 0 Å². The van der Waals surface area contributed by atoms with E-state index in [4.69, 9.17) is 9.05 Å². The number of benzene rings is 2. The molecular weight excluding hydrogens is 383 g/mol. The Morgan fingerprint density at radius 1 is 1.00 bits per heavy atom. The van der Waals surface area contributed by atoms with Gasteiger partial charge in [0, 0.05) is 15.2 Å². The summed E-state index contributed by atoms with van der Waals surface area (Å²) in [6.45, 7) is 6.91. The van der Waals surface area contributed by atoms with Crippen LogP contribution in [0.3, 0.4) is 0 Å². The molecule has 0 unspecified atom stereocenters. The average molecular weight is 403 g/mol. The minimum absolute atomic E-state index is 0.0350. The largest absolute Gasteiger partial charge is 0.507 e. The van der Waals surface area contributed by atoms with Gasteiger partial charge in [0.15, 0.2) is 0 Å². The van der Waals surface area contributed by atoms with Gasteiger partial charge in [0.25, 0.3) is 0 Å². The van der Waals surface area contributed by atoms with Crippen molar-refractivity contribution in [1.82, 2.24) is 0 Å². The second-order valence-electron chi connectivity index (χ2n) is 5.76. The molecule has 0 aliphatic rings. The van der Waals surface area contributed by atoms with Crippen molar-refractivity contribution in [3.05, 3.63) is 28.7 Å². The fourth-order valence-electron chi connectivity index (χ4n) is 2.25. The monoisotopic (exact) mass is 402 g/mol. The molecule has 0 spiro atoms. The molecule has 0 bridgehead atoms. The molecule has 5 nitrogen and oxygen atoms in total. The predicted octanol–water partition coefficient (Wildman–Crippen LogP) is 4.68. The van der Waals surface area contributed by atoms with Gasteiger partial charge in [0.1, 0.15) is 16.8 Å². The average Bonchev–Trinajstić information content (AvgIpc) is 2.40. The lowest BCUT2D eigenvalue weighted by molar-refractivity contribution is 0.150. The predicted molar refractivity (Wildman–Crippen MR) is 94.7 cm³/mol. The van der Waals surface area contributed by atoms with Crippen molar-refractivity contribution in [2.45, 2.75) is 39.9 Å². The minimum atomic E-state index is -3.79. The van der Waals surface area contributed by atoms with Crippen LogP contribution in [0.25, 0.3) is 10.8 Å². The van der Waals surface area contributed by atoms with Gasteiger partial charge in [-0.25, -0.2) is 0 Å². The number of phenols is 2. The van der Waals surface area contributed by atoms with Crippen LogP contribution in [-0.4, -0.2) is 22.4 Å². The Balaban J connectivity index is 2.71. The summed E-state index contributed by atoms with van der Waals surface area (Å²) >= 11 is 3.32. The summed E-state index contributed by atoms with van der Waals surface area (Å²) in [5, 5.41) is 21.6. The van der Waals surface area contributed by atoms with Gasteiger partial charge < -0.3 is 19.3 Å². The second-order valence-corrected chi connectivity index (χ2v) is 8.57. The van der Waals surface area contributed by atoms with Crippen molar-refractivity contribution in [1.29, 1.82) is 0 Å². The first kappa shape index (κ1) is 18.3. The molecule has 126 valence electrons. The molecule has 2 aromatic rings. The zero-order chi connectivity index (χ0) is 17.4. The molecule has 0 aliphatic carbocycles. The molecule has 0 atom stereocenters. The van der Waals surface area contributed by atoms with Gasteiger partial charge in [-0.05, 0) is 52.0 Å². The molecule has 0 saturated heterocycles. The molecule has 0 aromatic heterocycles. The van der Waals surface area contributed by atoms with Gasteiger partial charge in [-0.1, -0.05) is 15.9 Å². The highest BCUT2D eigenvalue weighted by Gasteiger charge is 2.35. The zero-order valence-electron chi connectivity index (χ0n) is 13.4. The van der Waals surface area contributed by atoms with E-state index in [1.807, 2.05) is 0 Å². The molecule has 2 aromatic carbocycles. The van der Waals surface area contributed by atoms with Gasteiger partial charge in [-0.3, -0.25) is 4.57 Å². The summed E-state index contributed by atoms with van der Waals surface area (Å²) in [6, 6.07) is 6.28. The summed E-state index contributed by atoms with van der Waals surface area (Å²) in [4.78, 5) is 0. The van der Waals surface area contributed by atoms with E-state index >= 15 is 0 Å². The van der Waals surface area contributed by atoms with E-state index in [9.17, 15) is 14.8 Å². The molecular formula is C16H20BrO5P. The van der Waals surface area contributed by atoms with Crippen LogP contribution in [0.2, 0.25) is 0 Å². The smallest absolute Gasteiger partial charge is 0.365 e. The quantitative estimate of drug-likeness (QED) is 0.560. The number of aromatic hydroxyl groups is 2. The fourth-order valence-corrected chi connectivity index (χ4v) is 4.66. The Morgan fingerprint density at radius 3 is 2.09 bits per heavy atom. The van der Waals surface area contributed by atoms with Crippen molar-refractivity contribution >= 4 is 39.6 Å². The maximum Gasteiger partial charge on any atom is 0.365 e. The lowest BCUT2D eigenvalue weighted by atomic mass is 10.1. The summed E-state index contributed by atoms with van der Waals surface area (Å²) in [7, 11) is -3.79. The molecule has 2 N–H and O–H groups in total. The van der Waals surface area contributed by atoms with Gasteiger partial charge in [0.05, 0.1) is 12.2 Å². The third-order valence-electron chi connectivity index (χ3n) is 3.02. The molecule has 23 heavy (non-hydrogen) atoms. The number of hydrogen-bond donors (Lipinski definition) is 2. The Labute approximate surface area is 143 Å². The van der Waals surface area contributed by atoms with E-state index < -0.39 is 7.60 Å². The van der Waals surface area contributed by atoms with Gasteiger partial charge in [-0.2, -0.15) is 0 Å². The highest BCUT2D eigenvalue weighted by molar-refractivity contribution is 9.10. The highest BCUT2D eigenvalue weighted by atomic mass is 79.9. The summed E-state index contributed by atoms with van der Waals surface area (Å²) in [5.74, 6) is -0.316. The van der Waals surface area contributed by atoms with Crippen molar-refractivity contribution in [2.75, 3.05) is 0 Å². The van der Waals surface area contributed by atoms with Crippen molar-refractivity contribution in [3.8, 4) is 11.5 Å². The summed E-state index contributed by atoms with van der Waals surface area (Å²) in [5.41, 5.74) is 0. The number of rotatable bonds is 5. The molecule has 0 radical (unpaired) electrons. The lowest BCUT2D eigenvalue weighted by Gasteiger charge is -2.24. The Kier molecular flexibility index (Phi) is 5.41. The fraction of sp³-hybridized carbons (Fsp3) is 0.375. The van der Waals surface area contributed by atoms with Gasteiger partial charge in [-0.15, -0.1) is 0 Å². The maximum absolute atomic E-state index is 13.2. The van der Waals surface area contributed by atoms with E-state index in [2.05, 4.69) is 15.9 Å². The number of fused-ring (bicyclic) bond motifs is 1. The second kappa shape index (κ2) is 6.81. The third kappa shape index (κ3) is 3.89. The number of hydrogen-bond acceptors (Lipinski definition) is 5. The summed E-state index contributed by atoms with van der Waals surface area (Å²) < 4.78 is 24.9. The normalized spacial score (nSPS) is 12.5. The first-order chi connectivity index (χ1) is 10.6. The highest BCUT2D eigenvalue weighted by Crippen LogP contribution is 2.53. The Morgan fingerprint density at radius 2 is 1.57 bits per heavy atom. The zero-order valence-corrected chi connectivity index (χ0v) is 15.9. The van der Waals surface area contributed by atoms with Crippen LogP contribution in [0.5, 0.6) is 11.5 Å². The number of phenolic OH excluding ortho intramolecular Hbond substituents is 2. The van der Waals surface area contributed by atoms with Crippen LogP contribution in [0, 0.1) is 0 Å². The van der Waals surface area contributed by atoms with Crippen LogP contribution in [0.15, 0.2) is 28.7 Å². The molecule has 0 fully saturated rings. The summed E-state index contributed by atoms with van der Waals surface area (Å²) in [6.07, 6.45) is -0.747. The van der Waals surface area contributed by atoms with E-state index in [0.717, 1.165) is 4.47 Å². The third-order valence-corrected chi connectivity index (χ3v) is 5.85. The molecule has 7 heteroatoms. The molecule has 0 amide bonds. The van der Waals surface area contributed by atoms with Crippen molar-refractivity contribution in [2.24, 2.45) is 0 Å². The van der Waals surface area contributed by atoms with E-state index in [1.165, 1.54) is 6.07 Å². The van der Waals surface area contributed by atoms with E-state index in [0.29, 0.717) is 10.8 Å². The Bertz CT molecular complexity index is 759. The van der Waals surface area contributed by atoms with Crippen LogP contribution < -0.4 is 5.30 Å². The van der Waals surface area contributed by atoms with Crippen molar-refractivity contribution < 1.29 is 23.8 Å². The SMILES string of the molecule is CC(C)OP(=O)(OC(C)C)c1cc(O)c2cc(Br)ccc2c1O. The van der Waals surface area contributed by atoms with Gasteiger partial charge >= 0.3 is 7.60 Å². The minimum Gasteiger partial charge on any atom is -0.507 e. The molecule has 2 rings (SSSR count). The molecule has 0 heterocycles. The van der Waals surface area contributed by atoms with Crippen LogP contribution in [0.1, 0.15) is 27.7 Å². The Hall–Kier alpha value is -1.07. The molecule has 0 aliphatic heterocycles. The van der Waals surface area contributed by atoms with Crippen LogP contribution in [0.4, 0.5) is 0 Å². The topological polar surface area (TPSA) is 76.0 Å². The lowest BCUT2D eigenvalue weighted by Crippen LogP contribution is -2.17. The van der Waals surface area contributed by atoms with E-state index in [-0.39, 0.29) is 29.0 Å². The van der Waals surface area contributed by atoms with Crippen LogP contribution in [-0.2, 0) is 13.6 Å². The standard InChI is InChI=1S/C16H20BrO5P/c1-9(2)21-23(20,22-10(3)4)15-8-14(18)13-7-11(17)5-6-12(13)16(15)19/h5-10,18-19H,1-4H3. The number of halogens is 1. The van der Waals surface area contributed by atoms with Crippen molar-refractivity contribution in [3.63, 3.8) is 0 Å². The first-order valence-corrected chi connectivity index (χ1v) is 9.59. The first-order valence-electron chi connectivity index (χ1n) is 7.25. The molecule has 0 saturated carbocycles. The van der Waals surface area contributed by atoms with Crippen LogP contribution >= 0.6 is 23.5 Å². The van der Waals surface area contributed by atoms with E-state index in [1.54, 1.807) is 45.9 Å². The maximum atomic E-state index is 13.2.